The van der Waals surface area contributed by atoms with Crippen LogP contribution < -0.4 is 5.73 Å². The molecular formula is C16H22ClN3O2. The molecule has 0 saturated heterocycles. The van der Waals surface area contributed by atoms with E-state index in [0.717, 1.165) is 6.42 Å². The Morgan fingerprint density at radius 2 is 1.91 bits per heavy atom. The van der Waals surface area contributed by atoms with Crippen LogP contribution in [0.15, 0.2) is 34.7 Å². The number of benzene rings is 1. The molecule has 0 aliphatic carbocycles. The molecule has 2 N–H and O–H groups in total. The number of hydrogen-bond acceptors (Lipinski definition) is 4. The molecule has 0 aliphatic rings. The van der Waals surface area contributed by atoms with Crippen LogP contribution in [-0.2, 0) is 6.42 Å². The minimum absolute atomic E-state index is 0. The number of nitrogens with zero attached hydrogens (tertiary/aromatic N) is 2. The van der Waals surface area contributed by atoms with E-state index in [-0.39, 0.29) is 18.3 Å². The molecular weight excluding hydrogens is 302 g/mol. The topological polar surface area (TPSA) is 72.4 Å². The van der Waals surface area contributed by atoms with Crippen molar-refractivity contribution in [3.63, 3.8) is 0 Å². The van der Waals surface area contributed by atoms with Gasteiger partial charge in [0, 0.05) is 26.6 Å². The van der Waals surface area contributed by atoms with Gasteiger partial charge in [0.25, 0.3) is 5.91 Å². The number of oxazole rings is 1. The fraction of sp³-hybridized carbons (Fsp3) is 0.375. The van der Waals surface area contributed by atoms with Crippen LogP contribution in [0, 0.1) is 13.8 Å². The van der Waals surface area contributed by atoms with Gasteiger partial charge < -0.3 is 15.1 Å². The number of halogens is 1. The number of rotatable bonds is 6. The van der Waals surface area contributed by atoms with Crippen molar-refractivity contribution in [3.8, 4) is 0 Å². The molecule has 0 fully saturated rings. The van der Waals surface area contributed by atoms with Crippen LogP contribution in [0.2, 0.25) is 0 Å². The van der Waals surface area contributed by atoms with Crippen molar-refractivity contribution in [2.75, 3.05) is 19.6 Å². The highest BCUT2D eigenvalue weighted by atomic mass is 35.5. The van der Waals surface area contributed by atoms with E-state index >= 15 is 0 Å². The Kier molecular flexibility index (Phi) is 7.08. The molecule has 0 bridgehead atoms. The van der Waals surface area contributed by atoms with Crippen molar-refractivity contribution < 1.29 is 9.21 Å². The second-order valence-corrected chi connectivity index (χ2v) is 4.96. The number of hydrogen-bond donors (Lipinski definition) is 1. The Morgan fingerprint density at radius 3 is 2.45 bits per heavy atom. The van der Waals surface area contributed by atoms with Crippen LogP contribution >= 0.6 is 12.4 Å². The SMILES string of the molecule is Cc1nc(C)c(C(=O)N(CCN)CCc2ccccc2)o1.Cl. The maximum atomic E-state index is 12.5. The molecule has 1 amide bonds. The van der Waals surface area contributed by atoms with Gasteiger partial charge in [-0.25, -0.2) is 4.98 Å². The van der Waals surface area contributed by atoms with Crippen LogP contribution in [0.1, 0.15) is 27.7 Å². The maximum absolute atomic E-state index is 12.5. The molecule has 0 saturated carbocycles. The summed E-state index contributed by atoms with van der Waals surface area (Å²) in [6, 6.07) is 10.1. The third-order valence-electron chi connectivity index (χ3n) is 3.30. The van der Waals surface area contributed by atoms with E-state index in [1.807, 2.05) is 18.2 Å². The zero-order chi connectivity index (χ0) is 15.2. The lowest BCUT2D eigenvalue weighted by atomic mass is 10.1. The Labute approximate surface area is 136 Å². The van der Waals surface area contributed by atoms with Gasteiger partial charge in [-0.1, -0.05) is 30.3 Å². The lowest BCUT2D eigenvalue weighted by Crippen LogP contribution is -2.37. The molecule has 2 aromatic rings. The van der Waals surface area contributed by atoms with Crippen LogP contribution in [0.25, 0.3) is 0 Å². The fourth-order valence-corrected chi connectivity index (χ4v) is 2.25. The third kappa shape index (κ3) is 4.58. The standard InChI is InChI=1S/C16H21N3O2.ClH/c1-12-15(21-13(2)18-12)16(20)19(11-9-17)10-8-14-6-4-3-5-7-14;/h3-7H,8-11,17H2,1-2H3;1H. The van der Waals surface area contributed by atoms with E-state index in [0.29, 0.717) is 37.0 Å². The van der Waals surface area contributed by atoms with Gasteiger partial charge >= 0.3 is 0 Å². The Bertz CT molecular complexity index is 599. The summed E-state index contributed by atoms with van der Waals surface area (Å²) < 4.78 is 5.41. The van der Waals surface area contributed by atoms with Gasteiger partial charge in [0.2, 0.25) is 5.76 Å². The van der Waals surface area contributed by atoms with E-state index in [1.165, 1.54) is 5.56 Å². The summed E-state index contributed by atoms with van der Waals surface area (Å²) in [5.74, 6) is 0.676. The number of carbonyl (C=O) groups excluding carboxylic acids is 1. The van der Waals surface area contributed by atoms with Crippen LogP contribution in [-0.4, -0.2) is 35.4 Å². The molecule has 1 aromatic carbocycles. The number of amides is 1. The van der Waals surface area contributed by atoms with Crippen LogP contribution in [0.4, 0.5) is 0 Å². The first-order chi connectivity index (χ1) is 10.1. The summed E-state index contributed by atoms with van der Waals surface area (Å²) in [5.41, 5.74) is 7.43. The molecule has 0 aliphatic heterocycles. The number of aromatic nitrogens is 1. The zero-order valence-electron chi connectivity index (χ0n) is 12.9. The first kappa shape index (κ1) is 18.2. The van der Waals surface area contributed by atoms with Crippen molar-refractivity contribution in [1.82, 2.24) is 9.88 Å². The molecule has 120 valence electrons. The van der Waals surface area contributed by atoms with Crippen LogP contribution in [0.3, 0.4) is 0 Å². The zero-order valence-corrected chi connectivity index (χ0v) is 13.7. The molecule has 22 heavy (non-hydrogen) atoms. The molecule has 0 atom stereocenters. The lowest BCUT2D eigenvalue weighted by molar-refractivity contribution is 0.0727. The first-order valence-electron chi connectivity index (χ1n) is 7.09. The van der Waals surface area contributed by atoms with Gasteiger partial charge in [-0.15, -0.1) is 12.4 Å². The predicted molar refractivity (Wildman–Crippen MR) is 88.3 cm³/mol. The van der Waals surface area contributed by atoms with E-state index in [2.05, 4.69) is 17.1 Å². The quantitative estimate of drug-likeness (QED) is 0.885. The average molecular weight is 324 g/mol. The second-order valence-electron chi connectivity index (χ2n) is 4.96. The molecule has 1 heterocycles. The largest absolute Gasteiger partial charge is 0.436 e. The molecule has 0 radical (unpaired) electrons. The number of carbonyl (C=O) groups is 1. The van der Waals surface area contributed by atoms with Gasteiger partial charge in [0.1, 0.15) is 0 Å². The minimum Gasteiger partial charge on any atom is -0.436 e. The first-order valence-corrected chi connectivity index (χ1v) is 7.09. The van der Waals surface area contributed by atoms with Crippen molar-refractivity contribution in [2.45, 2.75) is 20.3 Å². The highest BCUT2D eigenvalue weighted by Crippen LogP contribution is 2.13. The smallest absolute Gasteiger partial charge is 0.291 e. The predicted octanol–water partition coefficient (Wildman–Crippen LogP) is 2.36. The Balaban J connectivity index is 0.00000242. The normalized spacial score (nSPS) is 10.1. The maximum Gasteiger partial charge on any atom is 0.291 e. The summed E-state index contributed by atoms with van der Waals surface area (Å²) >= 11 is 0. The average Bonchev–Trinajstić information content (AvgIpc) is 2.82. The van der Waals surface area contributed by atoms with Crippen LogP contribution in [0.5, 0.6) is 0 Å². The molecule has 2 rings (SSSR count). The Morgan fingerprint density at radius 1 is 1.23 bits per heavy atom. The lowest BCUT2D eigenvalue weighted by Gasteiger charge is -2.21. The van der Waals surface area contributed by atoms with Gasteiger partial charge in [0.05, 0.1) is 5.69 Å². The van der Waals surface area contributed by atoms with Gasteiger partial charge in [0.15, 0.2) is 5.89 Å². The minimum atomic E-state index is -0.144. The second kappa shape index (κ2) is 8.56. The molecule has 5 nitrogen and oxygen atoms in total. The highest BCUT2D eigenvalue weighted by molar-refractivity contribution is 5.92. The summed E-state index contributed by atoms with van der Waals surface area (Å²) in [6.45, 7) is 5.05. The van der Waals surface area contributed by atoms with Crippen molar-refractivity contribution in [3.05, 3.63) is 53.2 Å². The molecule has 1 aromatic heterocycles. The summed E-state index contributed by atoms with van der Waals surface area (Å²) in [4.78, 5) is 18.4. The van der Waals surface area contributed by atoms with Crippen molar-refractivity contribution in [1.29, 1.82) is 0 Å². The van der Waals surface area contributed by atoms with Gasteiger partial charge in [-0.2, -0.15) is 0 Å². The van der Waals surface area contributed by atoms with Crippen molar-refractivity contribution in [2.24, 2.45) is 5.73 Å². The van der Waals surface area contributed by atoms with E-state index in [1.54, 1.807) is 18.7 Å². The summed E-state index contributed by atoms with van der Waals surface area (Å²) in [5, 5.41) is 0. The van der Waals surface area contributed by atoms with E-state index in [9.17, 15) is 4.79 Å². The summed E-state index contributed by atoms with van der Waals surface area (Å²) in [7, 11) is 0. The Hall–Kier alpha value is -1.85. The van der Waals surface area contributed by atoms with E-state index in [4.69, 9.17) is 10.2 Å². The molecule has 0 spiro atoms. The highest BCUT2D eigenvalue weighted by Gasteiger charge is 2.21. The summed E-state index contributed by atoms with van der Waals surface area (Å²) in [6.07, 6.45) is 0.790. The third-order valence-corrected chi connectivity index (χ3v) is 3.30. The molecule has 0 unspecified atom stereocenters. The van der Waals surface area contributed by atoms with Crippen molar-refractivity contribution >= 4 is 18.3 Å². The van der Waals surface area contributed by atoms with Gasteiger partial charge in [-0.05, 0) is 18.9 Å². The monoisotopic (exact) mass is 323 g/mol. The molecule has 6 heteroatoms. The van der Waals surface area contributed by atoms with Gasteiger partial charge in [-0.3, -0.25) is 4.79 Å². The fourth-order valence-electron chi connectivity index (χ4n) is 2.25. The number of nitrogens with two attached hydrogens (primary N) is 1. The van der Waals surface area contributed by atoms with E-state index < -0.39 is 0 Å². The number of aryl methyl sites for hydroxylation is 2.